The second-order valence-electron chi connectivity index (χ2n) is 10.1. The highest BCUT2D eigenvalue weighted by Gasteiger charge is 2.36. The summed E-state index contributed by atoms with van der Waals surface area (Å²) in [7, 11) is 0. The predicted octanol–water partition coefficient (Wildman–Crippen LogP) is 3.42. The summed E-state index contributed by atoms with van der Waals surface area (Å²) in [4.78, 5) is 42.6. The molecule has 0 bridgehead atoms. The van der Waals surface area contributed by atoms with Crippen molar-refractivity contribution < 1.29 is 29.0 Å². The third kappa shape index (κ3) is 7.68. The molecule has 9 heteroatoms. The van der Waals surface area contributed by atoms with E-state index >= 15 is 0 Å². The number of carboxylic acids is 1. The molecule has 0 spiro atoms. The van der Waals surface area contributed by atoms with Gasteiger partial charge in [0.05, 0.1) is 24.0 Å². The van der Waals surface area contributed by atoms with E-state index in [1.165, 1.54) is 23.4 Å². The highest BCUT2D eigenvalue weighted by Crippen LogP contribution is 2.26. The summed E-state index contributed by atoms with van der Waals surface area (Å²) in [5.41, 5.74) is -0.570. The van der Waals surface area contributed by atoms with Crippen molar-refractivity contribution in [2.45, 2.75) is 96.9 Å². The number of aliphatic carboxylic acids is 1. The van der Waals surface area contributed by atoms with E-state index in [1.807, 2.05) is 13.8 Å². The van der Waals surface area contributed by atoms with Gasteiger partial charge in [0, 0.05) is 19.2 Å². The maximum Gasteiger partial charge on any atom is 0.326 e. The standard InChI is InChI=1S/C25H39N3O6/c1-7-11-24(3,4)33-15-12-25(5,6)34-20-16-26-13-10-18(20)21(29)27-17(2)22(30)28-14-8-9-19(28)23(31)32/h10,13,16-17,19H,7-9,11-12,14-15H2,1-6H3,(H,27,29)(H,31,32)/t17-,19+/m1/s1. The molecule has 1 aromatic heterocycles. The van der Waals surface area contributed by atoms with Crippen molar-refractivity contribution in [1.29, 1.82) is 0 Å². The third-order valence-electron chi connectivity index (χ3n) is 6.00. The third-order valence-corrected chi connectivity index (χ3v) is 6.00. The number of hydrogen-bond donors (Lipinski definition) is 2. The molecule has 0 saturated carbocycles. The zero-order valence-electron chi connectivity index (χ0n) is 21.2. The first-order valence-electron chi connectivity index (χ1n) is 12.0. The van der Waals surface area contributed by atoms with Gasteiger partial charge in [0.15, 0.2) is 5.75 Å². The first-order valence-corrected chi connectivity index (χ1v) is 12.0. The lowest BCUT2D eigenvalue weighted by Crippen LogP contribution is -2.50. The highest BCUT2D eigenvalue weighted by molar-refractivity contribution is 5.99. The molecular weight excluding hydrogens is 438 g/mol. The topological polar surface area (TPSA) is 118 Å². The highest BCUT2D eigenvalue weighted by atomic mass is 16.5. The number of hydrogen-bond acceptors (Lipinski definition) is 6. The fraction of sp³-hybridized carbons (Fsp3) is 0.680. The molecule has 0 aliphatic carbocycles. The molecule has 2 atom stereocenters. The van der Waals surface area contributed by atoms with Crippen LogP contribution < -0.4 is 10.1 Å². The number of likely N-dealkylation sites (tertiary alicyclic amines) is 1. The first kappa shape index (κ1) is 27.6. The lowest BCUT2D eigenvalue weighted by molar-refractivity contribution is -0.148. The van der Waals surface area contributed by atoms with Gasteiger partial charge in [0.1, 0.15) is 17.7 Å². The van der Waals surface area contributed by atoms with E-state index in [0.29, 0.717) is 38.2 Å². The number of nitrogens with one attached hydrogen (secondary N) is 1. The quantitative estimate of drug-likeness (QED) is 0.473. The lowest BCUT2D eigenvalue weighted by Gasteiger charge is -2.30. The van der Waals surface area contributed by atoms with Gasteiger partial charge in [-0.1, -0.05) is 13.3 Å². The zero-order chi connectivity index (χ0) is 25.5. The Balaban J connectivity index is 2.02. The van der Waals surface area contributed by atoms with Crippen molar-refractivity contribution in [3.05, 3.63) is 24.0 Å². The summed E-state index contributed by atoms with van der Waals surface area (Å²) >= 11 is 0. The van der Waals surface area contributed by atoms with Crippen molar-refractivity contribution in [1.82, 2.24) is 15.2 Å². The van der Waals surface area contributed by atoms with Crippen molar-refractivity contribution in [2.75, 3.05) is 13.2 Å². The molecule has 0 aromatic carbocycles. The van der Waals surface area contributed by atoms with E-state index in [9.17, 15) is 19.5 Å². The second-order valence-corrected chi connectivity index (χ2v) is 10.1. The Morgan fingerprint density at radius 2 is 1.94 bits per heavy atom. The maximum absolute atomic E-state index is 13.0. The minimum Gasteiger partial charge on any atom is -0.485 e. The average Bonchev–Trinajstić information content (AvgIpc) is 3.23. The molecule has 0 unspecified atom stereocenters. The van der Waals surface area contributed by atoms with Crippen molar-refractivity contribution in [2.24, 2.45) is 0 Å². The van der Waals surface area contributed by atoms with Crippen LogP contribution in [0, 0.1) is 0 Å². The van der Waals surface area contributed by atoms with E-state index in [1.54, 1.807) is 6.92 Å². The largest absolute Gasteiger partial charge is 0.485 e. The van der Waals surface area contributed by atoms with Crippen LogP contribution in [0.2, 0.25) is 0 Å². The Hall–Kier alpha value is -2.68. The number of pyridine rings is 1. The molecule has 1 aromatic rings. The molecule has 1 fully saturated rings. The summed E-state index contributed by atoms with van der Waals surface area (Å²) < 4.78 is 12.2. The molecule has 190 valence electrons. The van der Waals surface area contributed by atoms with E-state index in [2.05, 4.69) is 31.1 Å². The van der Waals surface area contributed by atoms with Gasteiger partial charge in [0.25, 0.3) is 5.91 Å². The van der Waals surface area contributed by atoms with Crippen LogP contribution in [-0.2, 0) is 14.3 Å². The molecule has 2 heterocycles. The van der Waals surface area contributed by atoms with E-state index in [0.717, 1.165) is 12.8 Å². The van der Waals surface area contributed by atoms with Crippen LogP contribution in [0.4, 0.5) is 0 Å². The Kier molecular flexibility index (Phi) is 9.44. The number of aromatic nitrogens is 1. The van der Waals surface area contributed by atoms with Crippen LogP contribution in [-0.4, -0.2) is 69.2 Å². The van der Waals surface area contributed by atoms with Crippen LogP contribution in [0.5, 0.6) is 5.75 Å². The van der Waals surface area contributed by atoms with Gasteiger partial charge in [-0.05, 0) is 59.9 Å². The maximum atomic E-state index is 13.0. The van der Waals surface area contributed by atoms with Crippen LogP contribution in [0.25, 0.3) is 0 Å². The number of carbonyl (C=O) groups excluding carboxylic acids is 2. The van der Waals surface area contributed by atoms with E-state index in [-0.39, 0.29) is 11.2 Å². The van der Waals surface area contributed by atoms with Crippen LogP contribution in [0.15, 0.2) is 18.5 Å². The van der Waals surface area contributed by atoms with Gasteiger partial charge in [-0.2, -0.15) is 0 Å². The minimum absolute atomic E-state index is 0.207. The van der Waals surface area contributed by atoms with E-state index in [4.69, 9.17) is 9.47 Å². The fourth-order valence-corrected chi connectivity index (χ4v) is 4.12. The van der Waals surface area contributed by atoms with Gasteiger partial charge >= 0.3 is 5.97 Å². The second kappa shape index (κ2) is 11.6. The Morgan fingerprint density at radius 3 is 2.59 bits per heavy atom. The Morgan fingerprint density at radius 1 is 1.24 bits per heavy atom. The van der Waals surface area contributed by atoms with Crippen LogP contribution >= 0.6 is 0 Å². The minimum atomic E-state index is -1.03. The smallest absolute Gasteiger partial charge is 0.326 e. The lowest BCUT2D eigenvalue weighted by atomic mass is 10.0. The predicted molar refractivity (Wildman–Crippen MR) is 128 cm³/mol. The van der Waals surface area contributed by atoms with Gasteiger partial charge in [-0.3, -0.25) is 14.6 Å². The van der Waals surface area contributed by atoms with Gasteiger partial charge < -0.3 is 24.8 Å². The number of rotatable bonds is 12. The summed E-state index contributed by atoms with van der Waals surface area (Å²) in [6.07, 6.45) is 6.61. The van der Waals surface area contributed by atoms with Gasteiger partial charge in [-0.15, -0.1) is 0 Å². The number of carbonyl (C=O) groups is 3. The normalized spacial score (nSPS) is 17.4. The van der Waals surface area contributed by atoms with Crippen LogP contribution in [0.1, 0.15) is 84.0 Å². The first-order chi connectivity index (χ1) is 15.9. The Bertz CT molecular complexity index is 870. The molecule has 1 saturated heterocycles. The van der Waals surface area contributed by atoms with Crippen molar-refractivity contribution >= 4 is 17.8 Å². The van der Waals surface area contributed by atoms with Crippen molar-refractivity contribution in [3.8, 4) is 5.75 Å². The number of nitrogens with zero attached hydrogens (tertiary/aromatic N) is 2. The Labute approximate surface area is 202 Å². The number of carboxylic acid groups (broad SMARTS) is 1. The van der Waals surface area contributed by atoms with Gasteiger partial charge in [-0.25, -0.2) is 4.79 Å². The molecule has 0 radical (unpaired) electrons. The van der Waals surface area contributed by atoms with E-state index < -0.39 is 35.5 Å². The molecule has 34 heavy (non-hydrogen) atoms. The van der Waals surface area contributed by atoms with Gasteiger partial charge in [0.2, 0.25) is 5.91 Å². The molecule has 1 aliphatic rings. The molecule has 1 aliphatic heterocycles. The van der Waals surface area contributed by atoms with Crippen molar-refractivity contribution in [3.63, 3.8) is 0 Å². The summed E-state index contributed by atoms with van der Waals surface area (Å²) in [6.45, 7) is 12.5. The molecule has 2 amide bonds. The molecule has 9 nitrogen and oxygen atoms in total. The summed E-state index contributed by atoms with van der Waals surface area (Å²) in [6, 6.07) is -0.193. The SMILES string of the molecule is CCCC(C)(C)OCCC(C)(C)Oc1cnccc1C(=O)N[C@H](C)C(=O)N1CCC[C@H]1C(=O)O. The monoisotopic (exact) mass is 477 g/mol. The average molecular weight is 478 g/mol. The molecule has 2 N–H and O–H groups in total. The number of amides is 2. The molecular formula is C25H39N3O6. The van der Waals surface area contributed by atoms with Crippen LogP contribution in [0.3, 0.4) is 0 Å². The molecule has 2 rings (SSSR count). The summed E-state index contributed by atoms with van der Waals surface area (Å²) in [5, 5.41) is 12.0. The summed E-state index contributed by atoms with van der Waals surface area (Å²) in [5.74, 6) is -1.62. The number of ether oxygens (including phenoxy) is 2. The fourth-order valence-electron chi connectivity index (χ4n) is 4.12. The zero-order valence-corrected chi connectivity index (χ0v) is 21.2.